The van der Waals surface area contributed by atoms with Gasteiger partial charge in [0, 0.05) is 13.5 Å². The first-order valence-electron chi connectivity index (χ1n) is 2.96. The monoisotopic (exact) mass is 116 g/mol. The Morgan fingerprint density at radius 3 is 2.62 bits per heavy atom. The van der Waals surface area contributed by atoms with E-state index in [4.69, 9.17) is 9.47 Å². The van der Waals surface area contributed by atoms with Crippen LogP contribution >= 0.6 is 0 Å². The van der Waals surface area contributed by atoms with Crippen LogP contribution in [-0.2, 0) is 9.47 Å². The van der Waals surface area contributed by atoms with E-state index in [0.29, 0.717) is 0 Å². The van der Waals surface area contributed by atoms with E-state index in [1.807, 2.05) is 6.92 Å². The Morgan fingerprint density at radius 2 is 2.38 bits per heavy atom. The summed E-state index contributed by atoms with van der Waals surface area (Å²) in [6, 6.07) is 0. The summed E-state index contributed by atoms with van der Waals surface area (Å²) in [5, 5.41) is 0. The highest BCUT2D eigenvalue weighted by atomic mass is 16.7. The van der Waals surface area contributed by atoms with E-state index >= 15 is 0 Å². The van der Waals surface area contributed by atoms with Gasteiger partial charge in [0.25, 0.3) is 0 Å². The van der Waals surface area contributed by atoms with E-state index in [9.17, 15) is 0 Å². The van der Waals surface area contributed by atoms with Gasteiger partial charge in [-0.05, 0) is 13.3 Å². The Morgan fingerprint density at radius 1 is 1.62 bits per heavy atom. The zero-order chi connectivity index (χ0) is 6.04. The van der Waals surface area contributed by atoms with E-state index in [2.05, 4.69) is 0 Å². The molecule has 0 spiro atoms. The summed E-state index contributed by atoms with van der Waals surface area (Å²) < 4.78 is 10.3. The highest BCUT2D eigenvalue weighted by Gasteiger charge is 2.28. The number of hydrogen-bond donors (Lipinski definition) is 0. The summed E-state index contributed by atoms with van der Waals surface area (Å²) in [5.74, 6) is -0.264. The van der Waals surface area contributed by atoms with Gasteiger partial charge in [-0.2, -0.15) is 0 Å². The average molecular weight is 116 g/mol. The first-order chi connectivity index (χ1) is 3.77. The quantitative estimate of drug-likeness (QED) is 0.511. The molecular formula is C6H12O2. The van der Waals surface area contributed by atoms with Crippen molar-refractivity contribution in [1.29, 1.82) is 0 Å². The van der Waals surface area contributed by atoms with Crippen molar-refractivity contribution < 1.29 is 9.47 Å². The van der Waals surface area contributed by atoms with E-state index in [1.54, 1.807) is 7.11 Å². The molecule has 1 atom stereocenters. The Balaban J connectivity index is 2.40. The topological polar surface area (TPSA) is 18.5 Å². The number of rotatable bonds is 1. The van der Waals surface area contributed by atoms with E-state index < -0.39 is 0 Å². The molecule has 0 aromatic heterocycles. The molecule has 1 saturated heterocycles. The molecule has 0 aromatic rings. The van der Waals surface area contributed by atoms with Crippen molar-refractivity contribution in [3.05, 3.63) is 0 Å². The van der Waals surface area contributed by atoms with Gasteiger partial charge in [0.1, 0.15) is 0 Å². The van der Waals surface area contributed by atoms with Crippen molar-refractivity contribution in [3.63, 3.8) is 0 Å². The van der Waals surface area contributed by atoms with Crippen LogP contribution in [0.15, 0.2) is 0 Å². The third kappa shape index (κ3) is 1.01. The Kier molecular flexibility index (Phi) is 1.54. The van der Waals surface area contributed by atoms with Gasteiger partial charge in [-0.1, -0.05) is 0 Å². The smallest absolute Gasteiger partial charge is 0.165 e. The van der Waals surface area contributed by atoms with Crippen molar-refractivity contribution in [2.24, 2.45) is 0 Å². The number of hydrogen-bond acceptors (Lipinski definition) is 2. The highest BCUT2D eigenvalue weighted by molar-refractivity contribution is 4.67. The van der Waals surface area contributed by atoms with Crippen LogP contribution in [0.2, 0.25) is 0 Å². The van der Waals surface area contributed by atoms with Crippen molar-refractivity contribution in [2.45, 2.75) is 25.6 Å². The van der Waals surface area contributed by atoms with Crippen LogP contribution < -0.4 is 0 Å². The fraction of sp³-hybridized carbons (Fsp3) is 1.00. The third-order valence-electron chi connectivity index (χ3n) is 1.61. The van der Waals surface area contributed by atoms with E-state index in [1.165, 1.54) is 0 Å². The lowest BCUT2D eigenvalue weighted by molar-refractivity contribution is -0.178. The molecule has 1 aliphatic heterocycles. The molecule has 0 saturated carbocycles. The predicted molar refractivity (Wildman–Crippen MR) is 30.6 cm³/mol. The van der Waals surface area contributed by atoms with Gasteiger partial charge >= 0.3 is 0 Å². The van der Waals surface area contributed by atoms with Crippen molar-refractivity contribution in [3.8, 4) is 0 Å². The SMILES string of the molecule is CO[C@@]1(C)CCCO1. The minimum Gasteiger partial charge on any atom is -0.353 e. The molecule has 2 nitrogen and oxygen atoms in total. The Labute approximate surface area is 49.8 Å². The standard InChI is InChI=1S/C6H12O2/c1-6(7-2)4-3-5-8-6/h3-5H2,1-2H3/t6-/m1/s1. The first-order valence-corrected chi connectivity index (χ1v) is 2.96. The van der Waals surface area contributed by atoms with Gasteiger partial charge in [0.2, 0.25) is 0 Å². The maximum Gasteiger partial charge on any atom is 0.165 e. The summed E-state index contributed by atoms with van der Waals surface area (Å²) in [6.45, 7) is 2.82. The van der Waals surface area contributed by atoms with Gasteiger partial charge in [0.15, 0.2) is 5.79 Å². The fourth-order valence-corrected chi connectivity index (χ4v) is 0.915. The lowest BCUT2D eigenvalue weighted by Gasteiger charge is -2.19. The summed E-state index contributed by atoms with van der Waals surface area (Å²) in [5.41, 5.74) is 0. The summed E-state index contributed by atoms with van der Waals surface area (Å²) in [7, 11) is 1.69. The molecule has 0 amide bonds. The number of methoxy groups -OCH3 is 1. The highest BCUT2D eigenvalue weighted by Crippen LogP contribution is 2.24. The van der Waals surface area contributed by atoms with Gasteiger partial charge in [-0.15, -0.1) is 0 Å². The first kappa shape index (κ1) is 6.05. The van der Waals surface area contributed by atoms with Crippen LogP contribution in [0.25, 0.3) is 0 Å². The maximum atomic E-state index is 5.27. The average Bonchev–Trinajstić information content (AvgIpc) is 2.17. The van der Waals surface area contributed by atoms with Crippen LogP contribution in [0.4, 0.5) is 0 Å². The van der Waals surface area contributed by atoms with Gasteiger partial charge < -0.3 is 9.47 Å². The second-order valence-electron chi connectivity index (χ2n) is 2.29. The largest absolute Gasteiger partial charge is 0.353 e. The van der Waals surface area contributed by atoms with Crippen LogP contribution in [0.3, 0.4) is 0 Å². The van der Waals surface area contributed by atoms with E-state index in [-0.39, 0.29) is 5.79 Å². The molecule has 0 radical (unpaired) electrons. The third-order valence-corrected chi connectivity index (χ3v) is 1.61. The molecule has 1 heterocycles. The molecule has 0 bridgehead atoms. The molecule has 1 fully saturated rings. The zero-order valence-electron chi connectivity index (χ0n) is 5.44. The van der Waals surface area contributed by atoms with Crippen molar-refractivity contribution in [1.82, 2.24) is 0 Å². The van der Waals surface area contributed by atoms with E-state index in [0.717, 1.165) is 19.4 Å². The van der Waals surface area contributed by atoms with Crippen molar-refractivity contribution >= 4 is 0 Å². The molecule has 8 heavy (non-hydrogen) atoms. The molecule has 0 aliphatic carbocycles. The molecule has 2 heteroatoms. The second-order valence-corrected chi connectivity index (χ2v) is 2.29. The van der Waals surface area contributed by atoms with Gasteiger partial charge in [-0.25, -0.2) is 0 Å². The normalized spacial score (nSPS) is 38.2. The minimum absolute atomic E-state index is 0.264. The Hall–Kier alpha value is -0.0800. The molecule has 0 aromatic carbocycles. The maximum absolute atomic E-state index is 5.27. The lowest BCUT2D eigenvalue weighted by Crippen LogP contribution is -2.24. The lowest BCUT2D eigenvalue weighted by atomic mass is 10.2. The summed E-state index contributed by atoms with van der Waals surface area (Å²) >= 11 is 0. The number of ether oxygens (including phenoxy) is 2. The van der Waals surface area contributed by atoms with Crippen LogP contribution in [0.5, 0.6) is 0 Å². The van der Waals surface area contributed by atoms with Crippen LogP contribution in [0.1, 0.15) is 19.8 Å². The molecule has 0 N–H and O–H groups in total. The predicted octanol–water partition coefficient (Wildman–Crippen LogP) is 1.16. The molecule has 48 valence electrons. The molecular weight excluding hydrogens is 104 g/mol. The van der Waals surface area contributed by atoms with Gasteiger partial charge in [-0.3, -0.25) is 0 Å². The fourth-order valence-electron chi connectivity index (χ4n) is 0.915. The minimum atomic E-state index is -0.264. The van der Waals surface area contributed by atoms with Crippen LogP contribution in [-0.4, -0.2) is 19.5 Å². The molecule has 1 rings (SSSR count). The Bertz CT molecular complexity index is 74.6. The molecule has 1 aliphatic rings. The summed E-state index contributed by atoms with van der Waals surface area (Å²) in [6.07, 6.45) is 2.16. The summed E-state index contributed by atoms with van der Waals surface area (Å²) in [4.78, 5) is 0. The zero-order valence-corrected chi connectivity index (χ0v) is 5.44. The second kappa shape index (κ2) is 2.03. The van der Waals surface area contributed by atoms with Crippen LogP contribution in [0, 0.1) is 0 Å². The molecule has 0 unspecified atom stereocenters. The van der Waals surface area contributed by atoms with Crippen molar-refractivity contribution in [2.75, 3.05) is 13.7 Å². The van der Waals surface area contributed by atoms with Gasteiger partial charge in [0.05, 0.1) is 6.61 Å².